The molecular formula is C19H19N3O2S. The van der Waals surface area contributed by atoms with Gasteiger partial charge in [0.15, 0.2) is 0 Å². The van der Waals surface area contributed by atoms with Gasteiger partial charge in [0, 0.05) is 10.5 Å². The van der Waals surface area contributed by atoms with Crippen LogP contribution in [0.25, 0.3) is 0 Å². The Labute approximate surface area is 150 Å². The van der Waals surface area contributed by atoms with Crippen LogP contribution in [-0.2, 0) is 6.42 Å². The van der Waals surface area contributed by atoms with Crippen molar-refractivity contribution < 1.29 is 9.21 Å². The lowest BCUT2D eigenvalue weighted by atomic mass is 10.1. The molecule has 2 aromatic carbocycles. The third kappa shape index (κ3) is 4.28. The van der Waals surface area contributed by atoms with Gasteiger partial charge >= 0.3 is 6.01 Å². The third-order valence-electron chi connectivity index (χ3n) is 3.83. The molecule has 6 heteroatoms. The molecule has 0 saturated heterocycles. The monoisotopic (exact) mass is 353 g/mol. The first kappa shape index (κ1) is 17.2. The number of hydrogen-bond acceptors (Lipinski definition) is 5. The number of nitrogens with zero attached hydrogens (tertiary/aromatic N) is 2. The van der Waals surface area contributed by atoms with E-state index in [1.54, 1.807) is 17.8 Å². The van der Waals surface area contributed by atoms with E-state index >= 15 is 0 Å². The summed E-state index contributed by atoms with van der Waals surface area (Å²) in [6, 6.07) is 13.9. The summed E-state index contributed by atoms with van der Waals surface area (Å²) in [7, 11) is 0. The van der Waals surface area contributed by atoms with Gasteiger partial charge in [-0.15, -0.1) is 16.9 Å². The first-order valence-electron chi connectivity index (χ1n) is 7.89. The summed E-state index contributed by atoms with van der Waals surface area (Å²) in [5, 5.41) is 10.6. The van der Waals surface area contributed by atoms with Gasteiger partial charge in [-0.1, -0.05) is 34.9 Å². The van der Waals surface area contributed by atoms with Crippen molar-refractivity contribution in [2.24, 2.45) is 0 Å². The minimum atomic E-state index is -0.253. The highest BCUT2D eigenvalue weighted by Gasteiger charge is 2.13. The summed E-state index contributed by atoms with van der Waals surface area (Å²) in [6.45, 7) is 3.89. The molecule has 1 heterocycles. The van der Waals surface area contributed by atoms with Gasteiger partial charge in [0.25, 0.3) is 5.91 Å². The van der Waals surface area contributed by atoms with E-state index in [1.165, 1.54) is 4.90 Å². The van der Waals surface area contributed by atoms with Crippen molar-refractivity contribution in [2.75, 3.05) is 11.6 Å². The fourth-order valence-electron chi connectivity index (χ4n) is 2.53. The topological polar surface area (TPSA) is 68.0 Å². The van der Waals surface area contributed by atoms with E-state index in [-0.39, 0.29) is 11.9 Å². The van der Waals surface area contributed by atoms with Crippen LogP contribution in [0.15, 0.2) is 51.8 Å². The number of carbonyl (C=O) groups is 1. The number of rotatable bonds is 5. The largest absolute Gasteiger partial charge is 0.407 e. The number of thioether (sulfide) groups is 1. The maximum absolute atomic E-state index is 12.3. The summed E-state index contributed by atoms with van der Waals surface area (Å²) in [6.07, 6.45) is 2.57. The van der Waals surface area contributed by atoms with Crippen molar-refractivity contribution in [1.82, 2.24) is 10.2 Å². The molecule has 0 aliphatic carbocycles. The second-order valence-corrected chi connectivity index (χ2v) is 6.68. The molecule has 0 radical (unpaired) electrons. The van der Waals surface area contributed by atoms with E-state index in [0.717, 1.165) is 16.7 Å². The standard InChI is InChI=1S/C19H19N3O2S/c1-12-4-9-16(13(2)10-12)18(23)20-19-22-21-17(24-19)11-14-5-7-15(25-3)8-6-14/h4-10H,11H2,1-3H3,(H,20,22,23). The Morgan fingerprint density at radius 3 is 2.56 bits per heavy atom. The highest BCUT2D eigenvalue weighted by molar-refractivity contribution is 7.98. The number of nitrogens with one attached hydrogen (secondary N) is 1. The SMILES string of the molecule is CSc1ccc(Cc2nnc(NC(=O)c3ccc(C)cc3C)o2)cc1. The van der Waals surface area contributed by atoms with Crippen molar-refractivity contribution in [3.05, 3.63) is 70.6 Å². The molecule has 0 unspecified atom stereocenters. The summed E-state index contributed by atoms with van der Waals surface area (Å²) >= 11 is 1.70. The lowest BCUT2D eigenvalue weighted by molar-refractivity contribution is 0.102. The molecule has 0 atom stereocenters. The number of aromatic nitrogens is 2. The summed E-state index contributed by atoms with van der Waals surface area (Å²) in [5.41, 5.74) is 3.69. The van der Waals surface area contributed by atoms with Crippen LogP contribution in [0.1, 0.15) is 32.9 Å². The van der Waals surface area contributed by atoms with Crippen LogP contribution >= 0.6 is 11.8 Å². The maximum Gasteiger partial charge on any atom is 0.322 e. The van der Waals surface area contributed by atoms with Crippen molar-refractivity contribution in [3.63, 3.8) is 0 Å². The van der Waals surface area contributed by atoms with Gasteiger partial charge in [-0.2, -0.15) is 0 Å². The van der Waals surface area contributed by atoms with Crippen LogP contribution < -0.4 is 5.32 Å². The molecule has 1 aromatic heterocycles. The van der Waals surface area contributed by atoms with Crippen LogP contribution in [0.2, 0.25) is 0 Å². The lowest BCUT2D eigenvalue weighted by Crippen LogP contribution is -2.13. The molecule has 0 spiro atoms. The molecular weight excluding hydrogens is 334 g/mol. The average Bonchev–Trinajstić information content (AvgIpc) is 3.02. The van der Waals surface area contributed by atoms with Gasteiger partial charge in [-0.25, -0.2) is 0 Å². The van der Waals surface area contributed by atoms with Crippen LogP contribution in [-0.4, -0.2) is 22.4 Å². The van der Waals surface area contributed by atoms with Gasteiger partial charge < -0.3 is 4.42 Å². The zero-order chi connectivity index (χ0) is 17.8. The minimum Gasteiger partial charge on any atom is -0.407 e. The number of carbonyl (C=O) groups excluding carboxylic acids is 1. The van der Waals surface area contributed by atoms with E-state index in [4.69, 9.17) is 4.42 Å². The molecule has 0 bridgehead atoms. The number of amides is 1. The number of benzene rings is 2. The first-order chi connectivity index (χ1) is 12.0. The summed E-state index contributed by atoms with van der Waals surface area (Å²) < 4.78 is 5.54. The second-order valence-electron chi connectivity index (χ2n) is 5.80. The number of anilines is 1. The lowest BCUT2D eigenvalue weighted by Gasteiger charge is -2.05. The smallest absolute Gasteiger partial charge is 0.322 e. The molecule has 0 fully saturated rings. The van der Waals surface area contributed by atoms with Gasteiger partial charge in [-0.3, -0.25) is 10.1 Å². The van der Waals surface area contributed by atoms with Gasteiger partial charge in [0.05, 0.1) is 6.42 Å². The summed E-state index contributed by atoms with van der Waals surface area (Å²) in [4.78, 5) is 13.5. The molecule has 1 N–H and O–H groups in total. The number of hydrogen-bond donors (Lipinski definition) is 1. The molecule has 128 valence electrons. The summed E-state index contributed by atoms with van der Waals surface area (Å²) in [5.74, 6) is 0.213. The molecule has 25 heavy (non-hydrogen) atoms. The van der Waals surface area contributed by atoms with Crippen LogP contribution in [0.4, 0.5) is 6.01 Å². The van der Waals surface area contributed by atoms with Gasteiger partial charge in [0.2, 0.25) is 5.89 Å². The van der Waals surface area contributed by atoms with E-state index in [1.807, 2.05) is 44.4 Å². The van der Waals surface area contributed by atoms with Gasteiger partial charge in [0.1, 0.15) is 0 Å². The molecule has 0 aliphatic heterocycles. The predicted molar refractivity (Wildman–Crippen MR) is 99.2 cm³/mol. The Morgan fingerprint density at radius 1 is 1.12 bits per heavy atom. The van der Waals surface area contributed by atoms with Crippen molar-refractivity contribution in [3.8, 4) is 0 Å². The Bertz CT molecular complexity index is 888. The Hall–Kier alpha value is -2.60. The van der Waals surface area contributed by atoms with Crippen LogP contribution in [0.5, 0.6) is 0 Å². The van der Waals surface area contributed by atoms with E-state index in [2.05, 4.69) is 27.6 Å². The third-order valence-corrected chi connectivity index (χ3v) is 4.57. The molecule has 3 aromatic rings. The zero-order valence-electron chi connectivity index (χ0n) is 14.4. The maximum atomic E-state index is 12.3. The van der Waals surface area contributed by atoms with Crippen LogP contribution in [0.3, 0.4) is 0 Å². The molecule has 0 saturated carbocycles. The second kappa shape index (κ2) is 7.53. The first-order valence-corrected chi connectivity index (χ1v) is 9.11. The molecule has 3 rings (SSSR count). The highest BCUT2D eigenvalue weighted by Crippen LogP contribution is 2.18. The predicted octanol–water partition coefficient (Wildman–Crippen LogP) is 4.25. The zero-order valence-corrected chi connectivity index (χ0v) is 15.2. The van der Waals surface area contributed by atoms with Crippen molar-refractivity contribution in [2.45, 2.75) is 25.2 Å². The Balaban J connectivity index is 1.67. The highest BCUT2D eigenvalue weighted by atomic mass is 32.2. The van der Waals surface area contributed by atoms with Crippen LogP contribution in [0, 0.1) is 13.8 Å². The van der Waals surface area contributed by atoms with E-state index in [0.29, 0.717) is 17.9 Å². The van der Waals surface area contributed by atoms with E-state index in [9.17, 15) is 4.79 Å². The van der Waals surface area contributed by atoms with Crippen molar-refractivity contribution >= 4 is 23.7 Å². The van der Waals surface area contributed by atoms with Gasteiger partial charge in [-0.05, 0) is 49.4 Å². The fraction of sp³-hybridized carbons (Fsp3) is 0.211. The Morgan fingerprint density at radius 2 is 1.88 bits per heavy atom. The normalized spacial score (nSPS) is 10.7. The average molecular weight is 353 g/mol. The van der Waals surface area contributed by atoms with Crippen molar-refractivity contribution in [1.29, 1.82) is 0 Å². The quantitative estimate of drug-likeness (QED) is 0.695. The molecule has 1 amide bonds. The molecule has 5 nitrogen and oxygen atoms in total. The Kier molecular flexibility index (Phi) is 5.19. The fourth-order valence-corrected chi connectivity index (χ4v) is 2.93. The molecule has 0 aliphatic rings. The van der Waals surface area contributed by atoms with E-state index < -0.39 is 0 Å². The minimum absolute atomic E-state index is 0.112. The number of aryl methyl sites for hydroxylation is 2.